The minimum Gasteiger partial charge on any atom is -0.459 e. The van der Waals surface area contributed by atoms with E-state index in [1.54, 1.807) is 0 Å². The molecule has 0 aliphatic carbocycles. The van der Waals surface area contributed by atoms with Crippen LogP contribution in [0.15, 0.2) is 146 Å². The highest BCUT2D eigenvalue weighted by Gasteiger charge is 2.32. The zero-order valence-corrected chi connectivity index (χ0v) is 89.8. The Kier molecular flexibility index (Phi) is 45.1. The molecule has 0 fully saturated rings. The Morgan fingerprint density at radius 3 is 0.621 bits per heavy atom. The molecule has 0 radical (unpaired) electrons. The number of rotatable bonds is 77. The predicted molar refractivity (Wildman–Crippen MR) is 614 cm³/mol. The lowest BCUT2D eigenvalue weighted by Gasteiger charge is -2.21. The molecule has 0 aliphatic rings. The monoisotopic (exact) mass is 1890 g/mol. The summed E-state index contributed by atoms with van der Waals surface area (Å²) in [6.45, 7) is 20.6. The first kappa shape index (κ1) is 108. The molecule has 0 bridgehead atoms. The number of nitrogens with zero attached hydrogens (tertiary/aromatic N) is 2. The lowest BCUT2D eigenvalue weighted by atomic mass is 9.83. The second kappa shape index (κ2) is 58.7. The van der Waals surface area contributed by atoms with Crippen LogP contribution in [0.5, 0.6) is 0 Å². The van der Waals surface area contributed by atoms with Gasteiger partial charge in [0.25, 0.3) is 0 Å². The Bertz CT molecular complexity index is 5510. The van der Waals surface area contributed by atoms with Gasteiger partial charge in [-0.05, 0) is 214 Å². The van der Waals surface area contributed by atoms with Crippen molar-refractivity contribution in [1.82, 2.24) is 9.13 Å². The lowest BCUT2D eigenvalue weighted by Crippen LogP contribution is -2.18. The summed E-state index contributed by atoms with van der Waals surface area (Å²) in [5, 5.41) is 21.6. The standard InChI is InChI=1S/C134H188N2O4/c1-9-17-25-33-39-43-45-47-51-57-65-77-107(75-63-55-49-41-35-27-19-11-3)139-133(137)105-91-87-103(88-92-105)117-95-121-129-125-109(79-67-83-113(117)125)111-81-69-85-115-119(97-123(131(129)127(111)115)135(121)99-101(71-59-31-23-15-7)73-61-53-37-29-21-13-5)120-98-124-132-128-112(82-70-86-116(120)128)110-80-68-84-114-118(96-122(130(132)126(110)114)136(124)100-102(72-60-32-24-16-8)74-62-54-38-30-22-14-6)104-89-93-106(94-90-104)134(138)140-108(76-64-56-50-42-36-28-20-12-4)78-66-58-52-48-46-44-40-34-26-18-10-2/h67-70,79-98,101-102,107-108H,9-66,71-78,99-100H2,1-8H3. The third-order valence-corrected chi connectivity index (χ3v) is 33.3. The summed E-state index contributed by atoms with van der Waals surface area (Å²) in [5.41, 5.74) is 14.1. The van der Waals surface area contributed by atoms with Gasteiger partial charge in [0.1, 0.15) is 12.2 Å². The summed E-state index contributed by atoms with van der Waals surface area (Å²) in [7, 11) is 0. The van der Waals surface area contributed by atoms with Gasteiger partial charge in [-0.15, -0.1) is 0 Å². The molecular formula is C134H188N2O4. The van der Waals surface area contributed by atoms with Crippen molar-refractivity contribution in [3.05, 3.63) is 157 Å². The number of esters is 2. The quantitative estimate of drug-likeness (QED) is 0.0165. The van der Waals surface area contributed by atoms with Crippen molar-refractivity contribution in [3.8, 4) is 33.4 Å². The summed E-state index contributed by atoms with van der Waals surface area (Å²) in [6.07, 6.45) is 83.6. The third kappa shape index (κ3) is 28.7. The first-order valence-electron chi connectivity index (χ1n) is 59.7. The summed E-state index contributed by atoms with van der Waals surface area (Å²) >= 11 is 0. The number of unbranched alkanes of at least 4 members (excludes halogenated alkanes) is 50. The van der Waals surface area contributed by atoms with E-state index in [4.69, 9.17) is 9.47 Å². The molecule has 14 aromatic rings. The molecular weight excluding hydrogens is 1700 g/mol. The van der Waals surface area contributed by atoms with E-state index in [-0.39, 0.29) is 24.1 Å². The molecule has 4 unspecified atom stereocenters. The SMILES string of the molecule is CCCCCCCCCCCCCC(CCCCCCCCCC)OC(=O)c1ccc(-c2cc3c4c5c2cccc5c2cccc5c(-c6cc7c8c9c6cccc9c6cccc9c(-c%10ccc(C(=O)OC(CCCCCCCCCC)CCCCCCCCCCCCC)cc%10)cc(c8c96)n7CC(CCCCCC)CCCCCCCC)cc(c4c52)n3CC(CCCCCC)CCCCCCCC)cc1. The Hall–Kier alpha value is -8.22. The molecule has 0 amide bonds. The van der Waals surface area contributed by atoms with Gasteiger partial charge in [0, 0.05) is 56.2 Å². The zero-order chi connectivity index (χ0) is 97.3. The number of aromatic nitrogens is 2. The minimum absolute atomic E-state index is 0.0605. The third-order valence-electron chi connectivity index (χ3n) is 33.3. The Labute approximate surface area is 849 Å². The number of carbonyl (C=O) groups is 2. The highest BCUT2D eigenvalue weighted by Crippen LogP contribution is 2.56. The highest BCUT2D eigenvalue weighted by molar-refractivity contribution is 6.45. The predicted octanol–water partition coefficient (Wildman–Crippen LogP) is 43.8. The number of hydrogen-bond acceptors (Lipinski definition) is 4. The van der Waals surface area contributed by atoms with Crippen LogP contribution in [0.25, 0.3) is 142 Å². The van der Waals surface area contributed by atoms with Crippen molar-refractivity contribution >= 4 is 120 Å². The number of fused-ring (bicyclic) bond motifs is 2. The molecule has 2 aromatic heterocycles. The molecule has 14 rings (SSSR count). The first-order valence-corrected chi connectivity index (χ1v) is 59.7. The van der Waals surface area contributed by atoms with Gasteiger partial charge >= 0.3 is 11.9 Å². The lowest BCUT2D eigenvalue weighted by molar-refractivity contribution is 0.0239. The Morgan fingerprint density at radius 2 is 0.393 bits per heavy atom. The average molecular weight is 1890 g/mol. The highest BCUT2D eigenvalue weighted by atomic mass is 16.5. The van der Waals surface area contributed by atoms with E-state index in [1.165, 1.54) is 503 Å². The molecule has 140 heavy (non-hydrogen) atoms. The van der Waals surface area contributed by atoms with E-state index in [9.17, 15) is 9.59 Å². The van der Waals surface area contributed by atoms with E-state index in [1.807, 2.05) is 0 Å². The fourth-order valence-electron chi connectivity index (χ4n) is 25.1. The van der Waals surface area contributed by atoms with Crippen LogP contribution in [-0.2, 0) is 22.6 Å². The Morgan fingerprint density at radius 1 is 0.207 bits per heavy atom. The van der Waals surface area contributed by atoms with Crippen LogP contribution in [0.1, 0.15) is 500 Å². The van der Waals surface area contributed by atoms with E-state index in [0.717, 1.165) is 75.6 Å². The van der Waals surface area contributed by atoms with Gasteiger partial charge in [-0.25, -0.2) is 9.59 Å². The van der Waals surface area contributed by atoms with Crippen LogP contribution in [0.2, 0.25) is 0 Å². The maximum absolute atomic E-state index is 14.8. The van der Waals surface area contributed by atoms with Crippen LogP contribution in [-0.4, -0.2) is 33.3 Å². The second-order valence-electron chi connectivity index (χ2n) is 44.3. The molecule has 4 atom stereocenters. The van der Waals surface area contributed by atoms with E-state index < -0.39 is 0 Å². The minimum atomic E-state index is -0.174. The van der Waals surface area contributed by atoms with Crippen LogP contribution in [0, 0.1) is 11.8 Å². The van der Waals surface area contributed by atoms with Crippen molar-refractivity contribution in [2.75, 3.05) is 0 Å². The van der Waals surface area contributed by atoms with Gasteiger partial charge in [0.05, 0.1) is 33.2 Å². The molecule has 0 N–H and O–H groups in total. The fourth-order valence-corrected chi connectivity index (χ4v) is 25.1. The van der Waals surface area contributed by atoms with Gasteiger partial charge in [-0.1, -0.05) is 499 Å². The molecule has 758 valence electrons. The molecule has 12 aromatic carbocycles. The summed E-state index contributed by atoms with van der Waals surface area (Å²) in [4.78, 5) is 29.6. The van der Waals surface area contributed by atoms with Crippen LogP contribution in [0.4, 0.5) is 0 Å². The molecule has 0 aliphatic heterocycles. The molecule has 0 spiro atoms. The van der Waals surface area contributed by atoms with Crippen molar-refractivity contribution in [2.45, 2.75) is 504 Å². The molecule has 2 heterocycles. The van der Waals surface area contributed by atoms with Crippen LogP contribution >= 0.6 is 0 Å². The molecule has 6 nitrogen and oxygen atoms in total. The van der Waals surface area contributed by atoms with Crippen molar-refractivity contribution in [2.24, 2.45) is 11.8 Å². The van der Waals surface area contributed by atoms with E-state index in [0.29, 0.717) is 23.0 Å². The molecule has 0 saturated carbocycles. The fraction of sp³-hybridized carbons (Fsp3) is 0.597. The van der Waals surface area contributed by atoms with Gasteiger partial charge in [-0.3, -0.25) is 0 Å². The topological polar surface area (TPSA) is 62.5 Å². The first-order chi connectivity index (χ1) is 69.1. The number of benzene rings is 12. The maximum Gasteiger partial charge on any atom is 0.338 e. The summed E-state index contributed by atoms with van der Waals surface area (Å²) in [5.74, 6) is 0.675. The zero-order valence-electron chi connectivity index (χ0n) is 89.8. The molecule has 6 heteroatoms. The summed E-state index contributed by atoms with van der Waals surface area (Å²) in [6, 6.07) is 57.1. The van der Waals surface area contributed by atoms with Crippen molar-refractivity contribution in [1.29, 1.82) is 0 Å². The van der Waals surface area contributed by atoms with Gasteiger partial charge < -0.3 is 18.6 Å². The van der Waals surface area contributed by atoms with Gasteiger partial charge in [0.15, 0.2) is 0 Å². The van der Waals surface area contributed by atoms with Crippen LogP contribution < -0.4 is 0 Å². The van der Waals surface area contributed by atoms with E-state index >= 15 is 0 Å². The Balaban J connectivity index is 0.870. The summed E-state index contributed by atoms with van der Waals surface area (Å²) < 4.78 is 19.1. The van der Waals surface area contributed by atoms with Gasteiger partial charge in [0.2, 0.25) is 0 Å². The maximum atomic E-state index is 14.8. The van der Waals surface area contributed by atoms with Gasteiger partial charge in [-0.2, -0.15) is 0 Å². The smallest absolute Gasteiger partial charge is 0.338 e. The van der Waals surface area contributed by atoms with Crippen molar-refractivity contribution < 1.29 is 19.1 Å². The largest absolute Gasteiger partial charge is 0.459 e. The number of ether oxygens (including phenoxy) is 2. The number of hydrogen-bond donors (Lipinski definition) is 0. The normalized spacial score (nSPS) is 13.2. The molecule has 0 saturated heterocycles. The van der Waals surface area contributed by atoms with Crippen LogP contribution in [0.3, 0.4) is 0 Å². The average Bonchev–Trinajstić information content (AvgIpc) is 1.50. The second-order valence-corrected chi connectivity index (χ2v) is 44.3. The van der Waals surface area contributed by atoms with Crippen molar-refractivity contribution in [3.63, 3.8) is 0 Å². The van der Waals surface area contributed by atoms with E-state index in [2.05, 4.69) is 210 Å². The number of carbonyl (C=O) groups excluding carboxylic acids is 2.